The number of nitroso groups, excluding NO2 is 1. The normalized spacial score (nSPS) is 12.8. The van der Waals surface area contributed by atoms with E-state index in [1.807, 2.05) is 4.57 Å². The second kappa shape index (κ2) is 4.21. The SMILES string of the molecule is CC(CCn1cnc2c(N)ncnc21)N=O. The Kier molecular flexibility index (Phi) is 2.76. The molecule has 2 N–H and O–H groups in total. The van der Waals surface area contributed by atoms with Gasteiger partial charge in [-0.15, -0.1) is 0 Å². The Morgan fingerprint density at radius 1 is 1.50 bits per heavy atom. The van der Waals surface area contributed by atoms with Crippen LogP contribution in [0.3, 0.4) is 0 Å². The number of anilines is 1. The molecule has 0 aliphatic rings. The summed E-state index contributed by atoms with van der Waals surface area (Å²) in [6, 6.07) is -0.211. The molecule has 1 unspecified atom stereocenters. The first-order valence-electron chi connectivity index (χ1n) is 4.96. The van der Waals surface area contributed by atoms with Gasteiger partial charge in [-0.25, -0.2) is 15.0 Å². The first-order chi connectivity index (χ1) is 7.72. The molecule has 0 fully saturated rings. The van der Waals surface area contributed by atoms with Crippen molar-refractivity contribution in [3.8, 4) is 0 Å². The molecule has 84 valence electrons. The van der Waals surface area contributed by atoms with Gasteiger partial charge >= 0.3 is 0 Å². The molecule has 1 atom stereocenters. The third-order valence-electron chi connectivity index (χ3n) is 2.40. The van der Waals surface area contributed by atoms with Crippen molar-refractivity contribution >= 4 is 17.0 Å². The van der Waals surface area contributed by atoms with Gasteiger partial charge in [-0.05, 0) is 13.3 Å². The predicted octanol–water partition coefficient (Wildman–Crippen LogP) is 0.953. The highest BCUT2D eigenvalue weighted by Crippen LogP contribution is 2.14. The van der Waals surface area contributed by atoms with Crippen molar-refractivity contribution in [3.05, 3.63) is 17.6 Å². The van der Waals surface area contributed by atoms with Crippen LogP contribution in [-0.2, 0) is 6.54 Å². The lowest BCUT2D eigenvalue weighted by atomic mass is 10.2. The lowest BCUT2D eigenvalue weighted by molar-refractivity contribution is 0.576. The maximum Gasteiger partial charge on any atom is 0.165 e. The number of rotatable bonds is 4. The number of nitrogen functional groups attached to an aromatic ring is 1. The number of hydrogen-bond donors (Lipinski definition) is 1. The fraction of sp³-hybridized carbons (Fsp3) is 0.444. The van der Waals surface area contributed by atoms with E-state index in [2.05, 4.69) is 20.1 Å². The number of aromatic nitrogens is 4. The third-order valence-corrected chi connectivity index (χ3v) is 2.40. The van der Waals surface area contributed by atoms with Crippen molar-refractivity contribution in [1.82, 2.24) is 19.5 Å². The molecule has 7 heteroatoms. The Bertz CT molecular complexity index is 508. The van der Waals surface area contributed by atoms with Gasteiger partial charge in [0.15, 0.2) is 11.5 Å². The molecule has 0 aliphatic heterocycles. The summed E-state index contributed by atoms with van der Waals surface area (Å²) < 4.78 is 1.84. The summed E-state index contributed by atoms with van der Waals surface area (Å²) in [5.41, 5.74) is 6.93. The van der Waals surface area contributed by atoms with E-state index in [1.165, 1.54) is 6.33 Å². The van der Waals surface area contributed by atoms with E-state index in [-0.39, 0.29) is 6.04 Å². The van der Waals surface area contributed by atoms with Gasteiger partial charge in [0, 0.05) is 6.54 Å². The van der Waals surface area contributed by atoms with Gasteiger partial charge < -0.3 is 10.3 Å². The zero-order valence-electron chi connectivity index (χ0n) is 8.87. The molecule has 0 aliphatic carbocycles. The van der Waals surface area contributed by atoms with Crippen LogP contribution < -0.4 is 5.73 Å². The third kappa shape index (κ3) is 1.83. The Morgan fingerprint density at radius 3 is 3.06 bits per heavy atom. The van der Waals surface area contributed by atoms with Crippen LogP contribution in [0.15, 0.2) is 17.8 Å². The van der Waals surface area contributed by atoms with Gasteiger partial charge in [-0.3, -0.25) is 0 Å². The minimum absolute atomic E-state index is 0.211. The Labute approximate surface area is 91.7 Å². The van der Waals surface area contributed by atoms with E-state index in [1.54, 1.807) is 13.3 Å². The second-order valence-corrected chi connectivity index (χ2v) is 3.61. The molecule has 0 amide bonds. The van der Waals surface area contributed by atoms with Crippen LogP contribution in [0, 0.1) is 4.91 Å². The first kappa shape index (κ1) is 10.5. The minimum Gasteiger partial charge on any atom is -0.382 e. The molecule has 16 heavy (non-hydrogen) atoms. The van der Waals surface area contributed by atoms with E-state index in [0.717, 1.165) is 0 Å². The summed E-state index contributed by atoms with van der Waals surface area (Å²) in [6.07, 6.45) is 3.70. The Morgan fingerprint density at radius 2 is 2.31 bits per heavy atom. The van der Waals surface area contributed by atoms with Gasteiger partial charge in [0.1, 0.15) is 11.8 Å². The number of nitrogens with two attached hydrogens (primary N) is 1. The zero-order valence-corrected chi connectivity index (χ0v) is 8.87. The Balaban J connectivity index is 2.25. The highest BCUT2D eigenvalue weighted by Gasteiger charge is 2.08. The van der Waals surface area contributed by atoms with Gasteiger partial charge in [0.2, 0.25) is 0 Å². The van der Waals surface area contributed by atoms with Crippen molar-refractivity contribution in [2.45, 2.75) is 25.9 Å². The van der Waals surface area contributed by atoms with Crippen molar-refractivity contribution in [1.29, 1.82) is 0 Å². The molecule has 0 radical (unpaired) electrons. The molecular weight excluding hydrogens is 208 g/mol. The van der Waals surface area contributed by atoms with Crippen molar-refractivity contribution in [3.63, 3.8) is 0 Å². The molecule has 0 spiro atoms. The summed E-state index contributed by atoms with van der Waals surface area (Å²) in [6.45, 7) is 2.41. The lowest BCUT2D eigenvalue weighted by Gasteiger charge is -2.04. The van der Waals surface area contributed by atoms with E-state index in [9.17, 15) is 4.91 Å². The van der Waals surface area contributed by atoms with Gasteiger partial charge in [-0.2, -0.15) is 4.91 Å². The average Bonchev–Trinajstić information content (AvgIpc) is 2.70. The van der Waals surface area contributed by atoms with Crippen LogP contribution >= 0.6 is 0 Å². The van der Waals surface area contributed by atoms with Crippen LogP contribution in [0.4, 0.5) is 5.82 Å². The van der Waals surface area contributed by atoms with Crippen molar-refractivity contribution in [2.75, 3.05) is 5.73 Å². The second-order valence-electron chi connectivity index (χ2n) is 3.61. The number of aryl methyl sites for hydroxylation is 1. The molecule has 2 heterocycles. The molecule has 2 rings (SSSR count). The van der Waals surface area contributed by atoms with E-state index >= 15 is 0 Å². The zero-order chi connectivity index (χ0) is 11.5. The van der Waals surface area contributed by atoms with Crippen LogP contribution in [0.2, 0.25) is 0 Å². The van der Waals surface area contributed by atoms with Crippen molar-refractivity contribution in [2.24, 2.45) is 5.18 Å². The molecule has 0 saturated carbocycles. The standard InChI is InChI=1S/C9H12N6O/c1-6(14-16)2-3-15-5-13-7-8(10)11-4-12-9(7)15/h4-6H,2-3H2,1H3,(H2,10,11,12). The largest absolute Gasteiger partial charge is 0.382 e. The summed E-state index contributed by atoms with van der Waals surface area (Å²) >= 11 is 0. The monoisotopic (exact) mass is 220 g/mol. The van der Waals surface area contributed by atoms with Gasteiger partial charge in [0.05, 0.1) is 12.4 Å². The minimum atomic E-state index is -0.211. The molecule has 2 aromatic heterocycles. The predicted molar refractivity (Wildman–Crippen MR) is 59.6 cm³/mol. The van der Waals surface area contributed by atoms with Crippen LogP contribution in [0.5, 0.6) is 0 Å². The van der Waals surface area contributed by atoms with E-state index in [4.69, 9.17) is 5.73 Å². The number of imidazole rings is 1. The summed E-state index contributed by atoms with van der Waals surface area (Å²) in [5, 5.41) is 2.94. The fourth-order valence-corrected chi connectivity index (χ4v) is 1.44. The maximum atomic E-state index is 10.3. The lowest BCUT2D eigenvalue weighted by Crippen LogP contribution is -2.05. The van der Waals surface area contributed by atoms with Crippen LogP contribution in [0.25, 0.3) is 11.2 Å². The number of fused-ring (bicyclic) bond motifs is 1. The number of hydrogen-bond acceptors (Lipinski definition) is 6. The summed E-state index contributed by atoms with van der Waals surface area (Å²) in [7, 11) is 0. The molecule has 0 aromatic carbocycles. The van der Waals surface area contributed by atoms with Crippen LogP contribution in [-0.4, -0.2) is 25.6 Å². The average molecular weight is 220 g/mol. The molecule has 7 nitrogen and oxygen atoms in total. The quantitative estimate of drug-likeness (QED) is 0.773. The topological polar surface area (TPSA) is 99.1 Å². The highest BCUT2D eigenvalue weighted by molar-refractivity contribution is 5.80. The number of nitrogens with zero attached hydrogens (tertiary/aromatic N) is 5. The first-order valence-corrected chi connectivity index (χ1v) is 4.96. The van der Waals surface area contributed by atoms with Gasteiger partial charge in [0.25, 0.3) is 0 Å². The van der Waals surface area contributed by atoms with Gasteiger partial charge in [-0.1, -0.05) is 5.18 Å². The smallest absolute Gasteiger partial charge is 0.165 e. The summed E-state index contributed by atoms with van der Waals surface area (Å²) in [5.74, 6) is 0.366. The van der Waals surface area contributed by atoms with Crippen LogP contribution in [0.1, 0.15) is 13.3 Å². The summed E-state index contributed by atoms with van der Waals surface area (Å²) in [4.78, 5) is 22.3. The van der Waals surface area contributed by atoms with E-state index < -0.39 is 0 Å². The molecule has 0 saturated heterocycles. The fourth-order valence-electron chi connectivity index (χ4n) is 1.44. The molecule has 0 bridgehead atoms. The maximum absolute atomic E-state index is 10.3. The molecule has 2 aromatic rings. The van der Waals surface area contributed by atoms with Crippen molar-refractivity contribution < 1.29 is 0 Å². The van der Waals surface area contributed by atoms with E-state index in [0.29, 0.717) is 29.9 Å². The highest BCUT2D eigenvalue weighted by atomic mass is 16.3. The Hall–Kier alpha value is -2.05. The molecular formula is C9H12N6O.